The molecule has 3 N–H and O–H groups in total. The topological polar surface area (TPSA) is 81.3 Å². The van der Waals surface area contributed by atoms with Crippen LogP contribution in [0.4, 0.5) is 0 Å². The van der Waals surface area contributed by atoms with Crippen LogP contribution in [0.1, 0.15) is 24.4 Å². The van der Waals surface area contributed by atoms with Gasteiger partial charge in [-0.15, -0.1) is 0 Å². The van der Waals surface area contributed by atoms with Gasteiger partial charge in [-0.25, -0.2) is 4.79 Å². The molecule has 2 heterocycles. The largest absolute Gasteiger partial charge is 0.417 e. The number of aromatic amines is 1. The highest BCUT2D eigenvalue weighted by Gasteiger charge is 2.22. The van der Waals surface area contributed by atoms with E-state index in [0.29, 0.717) is 17.0 Å². The Hall–Kier alpha value is -1.59. The maximum atomic E-state index is 11.1. The Balaban J connectivity index is 1.90. The lowest BCUT2D eigenvalue weighted by Gasteiger charge is -2.27. The van der Waals surface area contributed by atoms with E-state index in [2.05, 4.69) is 4.98 Å². The molecule has 0 spiro atoms. The molecular formula is C13H16N2O3. The molecule has 1 aliphatic rings. The number of fused-ring (bicyclic) bond motifs is 1. The zero-order chi connectivity index (χ0) is 12.5. The molecule has 1 aromatic heterocycles. The third-order valence-corrected chi connectivity index (χ3v) is 3.60. The van der Waals surface area contributed by atoms with Gasteiger partial charge in [0.25, 0.3) is 0 Å². The summed E-state index contributed by atoms with van der Waals surface area (Å²) >= 11 is 0. The van der Waals surface area contributed by atoms with Crippen molar-refractivity contribution in [1.82, 2.24) is 4.98 Å². The molecule has 0 radical (unpaired) electrons. The standard InChI is InChI=1S/C13H16N2O3/c14-12(8-3-5-17-6-4-8)9-1-2-10-11(7-9)18-13(16)15-10/h1-2,7-8,12H,3-6,14H2,(H,15,16). The van der Waals surface area contributed by atoms with Crippen molar-refractivity contribution in [3.05, 3.63) is 34.3 Å². The zero-order valence-electron chi connectivity index (χ0n) is 10.0. The third kappa shape index (κ3) is 2.07. The molecule has 0 bridgehead atoms. The van der Waals surface area contributed by atoms with Gasteiger partial charge in [-0.1, -0.05) is 6.07 Å². The van der Waals surface area contributed by atoms with E-state index in [1.165, 1.54) is 0 Å². The number of nitrogens with two attached hydrogens (primary N) is 1. The molecule has 2 aromatic rings. The minimum atomic E-state index is -0.429. The van der Waals surface area contributed by atoms with E-state index in [4.69, 9.17) is 14.9 Å². The van der Waals surface area contributed by atoms with Gasteiger partial charge in [0, 0.05) is 19.3 Å². The lowest BCUT2D eigenvalue weighted by molar-refractivity contribution is 0.0584. The molecule has 0 aliphatic carbocycles. The Morgan fingerprint density at radius 2 is 2.11 bits per heavy atom. The van der Waals surface area contributed by atoms with Gasteiger partial charge in [0.15, 0.2) is 5.58 Å². The second kappa shape index (κ2) is 4.59. The first-order valence-electron chi connectivity index (χ1n) is 6.20. The fourth-order valence-corrected chi connectivity index (χ4v) is 2.52. The highest BCUT2D eigenvalue weighted by atomic mass is 16.5. The van der Waals surface area contributed by atoms with Crippen molar-refractivity contribution in [2.45, 2.75) is 18.9 Å². The van der Waals surface area contributed by atoms with Crippen molar-refractivity contribution in [3.8, 4) is 0 Å². The molecule has 0 amide bonds. The fraction of sp³-hybridized carbons (Fsp3) is 0.462. The number of aromatic nitrogens is 1. The van der Waals surface area contributed by atoms with Crippen LogP contribution in [0.25, 0.3) is 11.1 Å². The summed E-state index contributed by atoms with van der Waals surface area (Å²) in [4.78, 5) is 13.7. The van der Waals surface area contributed by atoms with Crippen molar-refractivity contribution in [2.24, 2.45) is 11.7 Å². The quantitative estimate of drug-likeness (QED) is 0.844. The maximum Gasteiger partial charge on any atom is 0.417 e. The van der Waals surface area contributed by atoms with E-state index in [0.717, 1.165) is 31.6 Å². The van der Waals surface area contributed by atoms with Crippen LogP contribution >= 0.6 is 0 Å². The van der Waals surface area contributed by atoms with Crippen LogP contribution in [0.5, 0.6) is 0 Å². The van der Waals surface area contributed by atoms with Crippen LogP contribution in [0.3, 0.4) is 0 Å². The summed E-state index contributed by atoms with van der Waals surface area (Å²) < 4.78 is 10.4. The Bertz CT molecular complexity index is 596. The molecule has 5 heteroatoms. The van der Waals surface area contributed by atoms with E-state index in [1.54, 1.807) is 0 Å². The number of ether oxygens (including phenoxy) is 1. The molecule has 1 unspecified atom stereocenters. The van der Waals surface area contributed by atoms with Gasteiger partial charge in [0.2, 0.25) is 0 Å². The lowest BCUT2D eigenvalue weighted by Crippen LogP contribution is -2.27. The van der Waals surface area contributed by atoms with Crippen LogP contribution in [-0.4, -0.2) is 18.2 Å². The van der Waals surface area contributed by atoms with Crippen molar-refractivity contribution < 1.29 is 9.15 Å². The molecular weight excluding hydrogens is 232 g/mol. The predicted octanol–water partition coefficient (Wildman–Crippen LogP) is 1.55. The van der Waals surface area contributed by atoms with Crippen molar-refractivity contribution >= 4 is 11.1 Å². The molecule has 3 rings (SSSR count). The van der Waals surface area contributed by atoms with Crippen LogP contribution in [0.15, 0.2) is 27.4 Å². The first-order valence-corrected chi connectivity index (χ1v) is 6.20. The van der Waals surface area contributed by atoms with E-state index in [-0.39, 0.29) is 6.04 Å². The first kappa shape index (κ1) is 11.5. The predicted molar refractivity (Wildman–Crippen MR) is 67.3 cm³/mol. The SMILES string of the molecule is NC(c1ccc2[nH]c(=O)oc2c1)C1CCOCC1. The van der Waals surface area contributed by atoms with Crippen LogP contribution < -0.4 is 11.5 Å². The molecule has 1 fully saturated rings. The van der Waals surface area contributed by atoms with Gasteiger partial charge >= 0.3 is 5.76 Å². The number of nitrogens with one attached hydrogen (secondary N) is 1. The molecule has 18 heavy (non-hydrogen) atoms. The average molecular weight is 248 g/mol. The second-order valence-corrected chi connectivity index (χ2v) is 4.75. The lowest BCUT2D eigenvalue weighted by atomic mass is 9.88. The molecule has 5 nitrogen and oxygen atoms in total. The molecule has 0 saturated carbocycles. The first-order chi connectivity index (χ1) is 8.74. The molecule has 1 atom stereocenters. The molecule has 1 saturated heterocycles. The highest BCUT2D eigenvalue weighted by Crippen LogP contribution is 2.29. The second-order valence-electron chi connectivity index (χ2n) is 4.75. The zero-order valence-corrected chi connectivity index (χ0v) is 10.0. The molecule has 96 valence electrons. The van der Waals surface area contributed by atoms with E-state index >= 15 is 0 Å². The Morgan fingerprint density at radius 1 is 1.33 bits per heavy atom. The van der Waals surface area contributed by atoms with Gasteiger partial charge in [-0.2, -0.15) is 0 Å². The summed E-state index contributed by atoms with van der Waals surface area (Å²) in [6.07, 6.45) is 1.96. The maximum absolute atomic E-state index is 11.1. The molecule has 1 aromatic carbocycles. The third-order valence-electron chi connectivity index (χ3n) is 3.60. The van der Waals surface area contributed by atoms with Crippen LogP contribution in [-0.2, 0) is 4.74 Å². The number of rotatable bonds is 2. The summed E-state index contributed by atoms with van der Waals surface area (Å²) in [5.41, 5.74) is 8.57. The van der Waals surface area contributed by atoms with E-state index < -0.39 is 5.76 Å². The smallest absolute Gasteiger partial charge is 0.408 e. The van der Waals surface area contributed by atoms with E-state index in [1.807, 2.05) is 18.2 Å². The van der Waals surface area contributed by atoms with Crippen molar-refractivity contribution in [1.29, 1.82) is 0 Å². The number of benzene rings is 1. The van der Waals surface area contributed by atoms with Gasteiger partial charge in [0.1, 0.15) is 0 Å². The van der Waals surface area contributed by atoms with Crippen molar-refractivity contribution in [2.75, 3.05) is 13.2 Å². The van der Waals surface area contributed by atoms with Gasteiger partial charge in [0.05, 0.1) is 5.52 Å². The molecule has 1 aliphatic heterocycles. The summed E-state index contributed by atoms with van der Waals surface area (Å²) in [5, 5.41) is 0. The normalized spacial score (nSPS) is 19.2. The minimum absolute atomic E-state index is 0.0292. The Morgan fingerprint density at radius 3 is 2.89 bits per heavy atom. The van der Waals surface area contributed by atoms with Crippen LogP contribution in [0, 0.1) is 5.92 Å². The van der Waals surface area contributed by atoms with Gasteiger partial charge in [-0.05, 0) is 36.5 Å². The van der Waals surface area contributed by atoms with Crippen LogP contribution in [0.2, 0.25) is 0 Å². The minimum Gasteiger partial charge on any atom is -0.408 e. The summed E-state index contributed by atoms with van der Waals surface area (Å²) in [5.74, 6) is 0.00338. The Labute approximate surface area is 104 Å². The number of oxazole rings is 1. The van der Waals surface area contributed by atoms with Crippen molar-refractivity contribution in [3.63, 3.8) is 0 Å². The number of H-pyrrole nitrogens is 1. The van der Waals surface area contributed by atoms with Gasteiger partial charge in [-0.3, -0.25) is 4.98 Å². The average Bonchev–Trinajstić information content (AvgIpc) is 2.78. The summed E-state index contributed by atoms with van der Waals surface area (Å²) in [7, 11) is 0. The fourth-order valence-electron chi connectivity index (χ4n) is 2.52. The monoisotopic (exact) mass is 248 g/mol. The summed E-state index contributed by atoms with van der Waals surface area (Å²) in [6.45, 7) is 1.56. The number of hydrogen-bond donors (Lipinski definition) is 2. The number of hydrogen-bond acceptors (Lipinski definition) is 4. The van der Waals surface area contributed by atoms with Gasteiger partial charge < -0.3 is 14.9 Å². The van der Waals surface area contributed by atoms with E-state index in [9.17, 15) is 4.79 Å². The highest BCUT2D eigenvalue weighted by molar-refractivity contribution is 5.72. The Kier molecular flexibility index (Phi) is 2.93. The summed E-state index contributed by atoms with van der Waals surface area (Å²) in [6, 6.07) is 5.62.